The molecule has 1 aromatic carbocycles. The van der Waals surface area contributed by atoms with E-state index >= 15 is 0 Å². The first-order valence-corrected chi connectivity index (χ1v) is 8.22. The minimum absolute atomic E-state index is 0.282. The van der Waals surface area contributed by atoms with Crippen molar-refractivity contribution in [3.8, 4) is 0 Å². The lowest BCUT2D eigenvalue weighted by molar-refractivity contribution is 0.00694. The number of aromatic nitrogens is 2. The number of carbonyl (C=O) groups is 1. The number of nitrogens with zero attached hydrogens (tertiary/aromatic N) is 3. The van der Waals surface area contributed by atoms with E-state index in [1.54, 1.807) is 6.92 Å². The van der Waals surface area contributed by atoms with Gasteiger partial charge in [-0.3, -0.25) is 0 Å². The summed E-state index contributed by atoms with van der Waals surface area (Å²) >= 11 is 0. The maximum Gasteiger partial charge on any atom is 0.338 e. The summed E-state index contributed by atoms with van der Waals surface area (Å²) in [6.45, 7) is 8.92. The second-order valence-electron chi connectivity index (χ2n) is 7.09. The van der Waals surface area contributed by atoms with Crippen molar-refractivity contribution < 1.29 is 13.9 Å². The lowest BCUT2D eigenvalue weighted by atomic mass is 9.99. The third kappa shape index (κ3) is 3.75. The molecule has 24 heavy (non-hydrogen) atoms. The van der Waals surface area contributed by atoms with Crippen LogP contribution in [-0.2, 0) is 17.7 Å². The Kier molecular flexibility index (Phi) is 4.30. The topological polar surface area (TPSA) is 68.5 Å². The van der Waals surface area contributed by atoms with E-state index in [9.17, 15) is 4.79 Å². The second kappa shape index (κ2) is 6.26. The molecule has 1 aliphatic rings. The van der Waals surface area contributed by atoms with Crippen LogP contribution in [0, 0.1) is 6.92 Å². The summed E-state index contributed by atoms with van der Waals surface area (Å²) in [5.41, 5.74) is 2.37. The van der Waals surface area contributed by atoms with E-state index in [-0.39, 0.29) is 5.97 Å². The fourth-order valence-corrected chi connectivity index (χ4v) is 2.87. The van der Waals surface area contributed by atoms with E-state index in [1.165, 1.54) is 0 Å². The predicted molar refractivity (Wildman–Crippen MR) is 90.0 cm³/mol. The number of hydrogen-bond acceptors (Lipinski definition) is 6. The van der Waals surface area contributed by atoms with E-state index in [4.69, 9.17) is 9.15 Å². The number of benzene rings is 1. The molecule has 0 unspecified atom stereocenters. The quantitative estimate of drug-likeness (QED) is 0.805. The van der Waals surface area contributed by atoms with Crippen molar-refractivity contribution in [3.05, 3.63) is 41.1 Å². The van der Waals surface area contributed by atoms with Crippen LogP contribution >= 0.6 is 0 Å². The Bertz CT molecular complexity index is 746. The van der Waals surface area contributed by atoms with Crippen LogP contribution in [0.5, 0.6) is 0 Å². The van der Waals surface area contributed by atoms with Crippen LogP contribution in [0.15, 0.2) is 22.6 Å². The molecule has 0 bridgehead atoms. The van der Waals surface area contributed by atoms with E-state index in [0.29, 0.717) is 23.9 Å². The van der Waals surface area contributed by atoms with E-state index < -0.39 is 5.60 Å². The average Bonchev–Trinajstić information content (AvgIpc) is 2.90. The second-order valence-corrected chi connectivity index (χ2v) is 7.09. The molecule has 0 saturated carbocycles. The fraction of sp³-hybridized carbons (Fsp3) is 0.500. The maximum atomic E-state index is 12.3. The van der Waals surface area contributed by atoms with Gasteiger partial charge in [0.05, 0.1) is 12.1 Å². The summed E-state index contributed by atoms with van der Waals surface area (Å²) in [5, 5.41) is 7.94. The Hall–Kier alpha value is -2.37. The molecule has 3 rings (SSSR count). The monoisotopic (exact) mass is 329 g/mol. The molecule has 0 saturated heterocycles. The highest BCUT2D eigenvalue weighted by atomic mass is 16.6. The van der Waals surface area contributed by atoms with Gasteiger partial charge in [0.15, 0.2) is 0 Å². The Morgan fingerprint density at radius 3 is 2.79 bits per heavy atom. The Labute approximate surface area is 141 Å². The molecule has 0 amide bonds. The normalized spacial score (nSPS) is 14.4. The molecule has 2 aromatic rings. The number of esters is 1. The standard InChI is InChI=1S/C18H23N3O3/c1-12-19-20-16(23-12)11-21-9-5-6-13-10-14(7-8-15(13)21)17(22)24-18(2,3)4/h7-8,10H,5-6,9,11H2,1-4H3. The van der Waals surface area contributed by atoms with Crippen LogP contribution < -0.4 is 4.90 Å². The number of anilines is 1. The number of carbonyl (C=O) groups excluding carboxylic acids is 1. The van der Waals surface area contributed by atoms with Gasteiger partial charge in [0.25, 0.3) is 0 Å². The largest absolute Gasteiger partial charge is 0.456 e. The predicted octanol–water partition coefficient (Wildman–Crippen LogP) is 3.29. The summed E-state index contributed by atoms with van der Waals surface area (Å²) in [4.78, 5) is 14.5. The number of ether oxygens (including phenoxy) is 1. The van der Waals surface area contributed by atoms with Crippen molar-refractivity contribution in [3.63, 3.8) is 0 Å². The molecule has 6 heteroatoms. The number of hydrogen-bond donors (Lipinski definition) is 0. The highest BCUT2D eigenvalue weighted by Crippen LogP contribution is 2.29. The zero-order chi connectivity index (χ0) is 17.3. The minimum atomic E-state index is -0.491. The van der Waals surface area contributed by atoms with E-state index in [1.807, 2.05) is 39.0 Å². The highest BCUT2D eigenvalue weighted by Gasteiger charge is 2.22. The lowest BCUT2D eigenvalue weighted by Gasteiger charge is -2.30. The molecule has 2 heterocycles. The van der Waals surface area contributed by atoms with Gasteiger partial charge in [0.1, 0.15) is 5.60 Å². The van der Waals surface area contributed by atoms with Crippen LogP contribution in [0.2, 0.25) is 0 Å². The van der Waals surface area contributed by atoms with Gasteiger partial charge >= 0.3 is 5.97 Å². The molecular weight excluding hydrogens is 306 g/mol. The van der Waals surface area contributed by atoms with E-state index in [0.717, 1.165) is 30.6 Å². The van der Waals surface area contributed by atoms with Crippen molar-refractivity contribution in [2.24, 2.45) is 0 Å². The molecule has 0 radical (unpaired) electrons. The zero-order valence-corrected chi connectivity index (χ0v) is 14.6. The Morgan fingerprint density at radius 2 is 2.12 bits per heavy atom. The average molecular weight is 329 g/mol. The Balaban J connectivity index is 1.80. The van der Waals surface area contributed by atoms with Crippen molar-refractivity contribution in [2.75, 3.05) is 11.4 Å². The first kappa shape index (κ1) is 16.5. The van der Waals surface area contributed by atoms with Crippen molar-refractivity contribution in [1.82, 2.24) is 10.2 Å². The van der Waals surface area contributed by atoms with E-state index in [2.05, 4.69) is 15.1 Å². The maximum absolute atomic E-state index is 12.3. The van der Waals surface area contributed by atoms with Crippen molar-refractivity contribution >= 4 is 11.7 Å². The SMILES string of the molecule is Cc1nnc(CN2CCCc3cc(C(=O)OC(C)(C)C)ccc32)o1. The van der Waals surface area contributed by atoms with Gasteiger partial charge in [-0.15, -0.1) is 10.2 Å². The summed E-state index contributed by atoms with van der Waals surface area (Å²) < 4.78 is 10.9. The van der Waals surface area contributed by atoms with Gasteiger partial charge < -0.3 is 14.1 Å². The smallest absolute Gasteiger partial charge is 0.338 e. The summed E-state index contributed by atoms with van der Waals surface area (Å²) in [6, 6.07) is 5.75. The molecule has 0 fully saturated rings. The first-order valence-electron chi connectivity index (χ1n) is 8.22. The number of rotatable bonds is 3. The van der Waals surface area contributed by atoms with Crippen molar-refractivity contribution in [1.29, 1.82) is 0 Å². The van der Waals surface area contributed by atoms with Gasteiger partial charge in [0, 0.05) is 19.2 Å². The van der Waals surface area contributed by atoms with Gasteiger partial charge in [-0.1, -0.05) is 0 Å². The minimum Gasteiger partial charge on any atom is -0.456 e. The number of fused-ring (bicyclic) bond motifs is 1. The van der Waals surface area contributed by atoms with Crippen LogP contribution in [0.3, 0.4) is 0 Å². The van der Waals surface area contributed by atoms with Gasteiger partial charge in [-0.05, 0) is 57.4 Å². The lowest BCUT2D eigenvalue weighted by Crippen LogP contribution is -2.29. The zero-order valence-electron chi connectivity index (χ0n) is 14.6. The third-order valence-electron chi connectivity index (χ3n) is 3.82. The summed E-state index contributed by atoms with van der Waals surface area (Å²) in [5.74, 6) is 0.897. The molecule has 1 aliphatic heterocycles. The van der Waals surface area contributed by atoms with Gasteiger partial charge in [-0.25, -0.2) is 4.79 Å². The molecule has 0 atom stereocenters. The summed E-state index contributed by atoms with van der Waals surface area (Å²) in [6.07, 6.45) is 1.98. The summed E-state index contributed by atoms with van der Waals surface area (Å²) in [7, 11) is 0. The highest BCUT2D eigenvalue weighted by molar-refractivity contribution is 5.90. The molecule has 1 aromatic heterocycles. The molecule has 6 nitrogen and oxygen atoms in total. The van der Waals surface area contributed by atoms with Crippen LogP contribution in [0.25, 0.3) is 0 Å². The fourth-order valence-electron chi connectivity index (χ4n) is 2.87. The molecule has 0 N–H and O–H groups in total. The van der Waals surface area contributed by atoms with Gasteiger partial charge in [-0.2, -0.15) is 0 Å². The van der Waals surface area contributed by atoms with Crippen LogP contribution in [0.4, 0.5) is 5.69 Å². The third-order valence-corrected chi connectivity index (χ3v) is 3.82. The van der Waals surface area contributed by atoms with Crippen LogP contribution in [-0.4, -0.2) is 28.3 Å². The van der Waals surface area contributed by atoms with Crippen molar-refractivity contribution in [2.45, 2.75) is 52.7 Å². The first-order chi connectivity index (χ1) is 11.3. The molecule has 0 aliphatic carbocycles. The van der Waals surface area contributed by atoms with Gasteiger partial charge in [0.2, 0.25) is 11.8 Å². The molecular formula is C18H23N3O3. The molecule has 128 valence electrons. The Morgan fingerprint density at radius 1 is 1.33 bits per heavy atom. The number of aryl methyl sites for hydroxylation is 2. The molecule has 0 spiro atoms. The van der Waals surface area contributed by atoms with Crippen LogP contribution in [0.1, 0.15) is 54.9 Å².